The third-order valence-corrected chi connectivity index (χ3v) is 11.5. The second-order valence-corrected chi connectivity index (χ2v) is 14.0. The van der Waals surface area contributed by atoms with Crippen LogP contribution in [0.5, 0.6) is 0 Å². The molecule has 1 unspecified atom stereocenters. The van der Waals surface area contributed by atoms with Crippen LogP contribution in [-0.2, 0) is 9.01 Å². The molecule has 0 spiro atoms. The maximum absolute atomic E-state index is 15.6. The molecule has 0 aliphatic carbocycles. The molecule has 10 heteroatoms. The lowest BCUT2D eigenvalue weighted by Crippen LogP contribution is -2.50. The smallest absolute Gasteiger partial charge is 0.344 e. The number of nitrogens with zero attached hydrogens (tertiary/aromatic N) is 5. The number of rotatable bonds is 4. The van der Waals surface area contributed by atoms with Crippen molar-refractivity contribution < 1.29 is 9.01 Å². The van der Waals surface area contributed by atoms with E-state index in [0.717, 1.165) is 38.5 Å². The fourth-order valence-corrected chi connectivity index (χ4v) is 9.10. The molecular formula is C36H24BN6O2P. The Morgan fingerprint density at radius 1 is 0.609 bits per heavy atom. The highest BCUT2D eigenvalue weighted by Gasteiger charge is 2.44. The summed E-state index contributed by atoms with van der Waals surface area (Å²) in [6.07, 6.45) is -0.387. The molecule has 3 aliphatic heterocycles. The molecule has 5 aromatic carbocycles. The molecule has 0 saturated carbocycles. The van der Waals surface area contributed by atoms with Gasteiger partial charge < -0.3 is 18.7 Å². The quantitative estimate of drug-likeness (QED) is 0.210. The Hall–Kier alpha value is -5.50. The molecule has 0 amide bonds. The predicted molar refractivity (Wildman–Crippen MR) is 182 cm³/mol. The van der Waals surface area contributed by atoms with Crippen LogP contribution in [0, 0.1) is 0 Å². The molecule has 0 radical (unpaired) electrons. The zero-order chi connectivity index (χ0) is 30.4. The van der Waals surface area contributed by atoms with Crippen LogP contribution in [0.25, 0.3) is 21.5 Å². The number of fused-ring (bicyclic) bond motifs is 11. The summed E-state index contributed by atoms with van der Waals surface area (Å²) >= 11 is 0. The van der Waals surface area contributed by atoms with Gasteiger partial charge in [0, 0.05) is 43.3 Å². The van der Waals surface area contributed by atoms with Gasteiger partial charge in [0.05, 0.1) is 0 Å². The average Bonchev–Trinajstić information content (AvgIpc) is 3.74. The first kappa shape index (κ1) is 25.8. The summed E-state index contributed by atoms with van der Waals surface area (Å²) in [4.78, 5) is 16.0. The summed E-state index contributed by atoms with van der Waals surface area (Å²) in [5.74, 6) is 2.08. The number of nitrogens with one attached hydrogen (secondary N) is 1. The molecule has 46 heavy (non-hydrogen) atoms. The van der Waals surface area contributed by atoms with Crippen LogP contribution in [0.3, 0.4) is 0 Å². The van der Waals surface area contributed by atoms with Crippen molar-refractivity contribution in [3.8, 4) is 0 Å². The highest BCUT2D eigenvalue weighted by Crippen LogP contribution is 2.48. The first-order valence-corrected chi connectivity index (χ1v) is 16.8. The first-order valence-electron chi connectivity index (χ1n) is 15.2. The third kappa shape index (κ3) is 3.49. The largest absolute Gasteiger partial charge is 0.568 e. The van der Waals surface area contributed by atoms with Crippen molar-refractivity contribution in [1.82, 2.24) is 14.3 Å². The minimum absolute atomic E-state index is 0.387. The van der Waals surface area contributed by atoms with E-state index >= 15 is 4.57 Å². The van der Waals surface area contributed by atoms with E-state index in [-0.39, 0.29) is 6.17 Å². The van der Waals surface area contributed by atoms with Crippen LogP contribution in [0.15, 0.2) is 148 Å². The maximum Gasteiger partial charge on any atom is 0.568 e. The third-order valence-electron chi connectivity index (χ3n) is 9.07. The van der Waals surface area contributed by atoms with E-state index in [1.54, 1.807) is 0 Å². The predicted octanol–water partition coefficient (Wildman–Crippen LogP) is 5.50. The summed E-state index contributed by atoms with van der Waals surface area (Å²) in [7, 11) is -4.63. The van der Waals surface area contributed by atoms with Gasteiger partial charge in [-0.15, -0.1) is 0 Å². The van der Waals surface area contributed by atoms with E-state index in [4.69, 9.17) is 19.4 Å². The van der Waals surface area contributed by atoms with Crippen molar-refractivity contribution in [2.75, 3.05) is 0 Å². The van der Waals surface area contributed by atoms with Crippen LogP contribution in [0.2, 0.25) is 0 Å². The van der Waals surface area contributed by atoms with Crippen molar-refractivity contribution >= 4 is 64.2 Å². The van der Waals surface area contributed by atoms with E-state index in [0.29, 0.717) is 33.2 Å². The van der Waals surface area contributed by atoms with E-state index < -0.39 is 14.6 Å². The fourth-order valence-electron chi connectivity index (χ4n) is 6.98. The zero-order valence-corrected chi connectivity index (χ0v) is 25.3. The zero-order valence-electron chi connectivity index (χ0n) is 24.4. The standard InChI is InChI=1S/C36H24BN6O2P/c44-46(23-13-3-1-4-14-23,24-15-5-2-6-16-24)45-37-42-33-27-19-9-11-21-29(27)35(42)41-36-30-22-12-10-20-28(30)34(43(36)37)40-32-26-18-8-7-17-25(26)31(38-32)39-33/h1-22,31H,(H,38,40)/b39-33-. The first-order chi connectivity index (χ1) is 22.7. The summed E-state index contributed by atoms with van der Waals surface area (Å²) in [5.41, 5.74) is 3.42. The summed E-state index contributed by atoms with van der Waals surface area (Å²) < 4.78 is 26.7. The Morgan fingerprint density at radius 3 is 1.83 bits per heavy atom. The van der Waals surface area contributed by atoms with Crippen LogP contribution in [0.4, 0.5) is 11.6 Å². The summed E-state index contributed by atoms with van der Waals surface area (Å²) in [6, 6.07) is 43.4. The number of aliphatic imine (C=N–C) groups is 1. The minimum Gasteiger partial charge on any atom is -0.344 e. The molecule has 5 heterocycles. The summed E-state index contributed by atoms with van der Waals surface area (Å²) in [5, 5.41) is 8.54. The molecule has 1 N–H and O–H groups in total. The topological polar surface area (TPSA) is 85.3 Å². The van der Waals surface area contributed by atoms with Gasteiger partial charge in [0.2, 0.25) is 0 Å². The van der Waals surface area contributed by atoms with Crippen LogP contribution >= 0.6 is 7.37 Å². The van der Waals surface area contributed by atoms with Crippen LogP contribution in [0.1, 0.15) is 17.3 Å². The molecule has 1 atom stereocenters. The molecule has 4 bridgehead atoms. The molecule has 218 valence electrons. The Labute approximate surface area is 263 Å². The van der Waals surface area contributed by atoms with Crippen LogP contribution < -0.4 is 26.9 Å². The molecule has 0 fully saturated rings. The van der Waals surface area contributed by atoms with Gasteiger partial charge in [-0.05, 0) is 24.3 Å². The second kappa shape index (κ2) is 9.50. The van der Waals surface area contributed by atoms with E-state index in [1.807, 2.05) is 106 Å². The minimum atomic E-state index is -3.70. The van der Waals surface area contributed by atoms with E-state index in [2.05, 4.69) is 41.7 Å². The highest BCUT2D eigenvalue weighted by atomic mass is 31.2. The lowest BCUT2D eigenvalue weighted by Gasteiger charge is -2.28. The Bertz CT molecular complexity index is 2550. The van der Waals surface area contributed by atoms with Gasteiger partial charge in [-0.2, -0.15) is 0 Å². The number of benzene rings is 5. The second-order valence-electron chi connectivity index (χ2n) is 11.6. The monoisotopic (exact) mass is 614 g/mol. The van der Waals surface area contributed by atoms with Crippen LogP contribution in [-0.4, -0.2) is 22.0 Å². The van der Waals surface area contributed by atoms with Crippen molar-refractivity contribution in [1.29, 1.82) is 0 Å². The molecule has 8 nitrogen and oxygen atoms in total. The van der Waals surface area contributed by atoms with E-state index in [9.17, 15) is 0 Å². The van der Waals surface area contributed by atoms with Crippen molar-refractivity contribution in [3.05, 3.63) is 156 Å². The highest BCUT2D eigenvalue weighted by molar-refractivity contribution is 7.75. The Kier molecular flexibility index (Phi) is 5.33. The van der Waals surface area contributed by atoms with Gasteiger partial charge in [-0.1, -0.05) is 109 Å². The molecule has 3 aliphatic rings. The number of amidine groups is 1. The Morgan fingerprint density at radius 2 is 1.15 bits per heavy atom. The number of aromatic nitrogens is 2. The molecule has 0 saturated heterocycles. The average molecular weight is 614 g/mol. The molecule has 10 rings (SSSR count). The van der Waals surface area contributed by atoms with Gasteiger partial charge >= 0.3 is 7.19 Å². The van der Waals surface area contributed by atoms with Crippen molar-refractivity contribution in [2.24, 2.45) is 15.0 Å². The SMILES string of the molecule is O=P(OB1n2c3c4ccccc4c2/N=C2\NC(/N=c4/c5ccccc5c(n41)=N3)c1ccccc12)(c1ccccc1)c1ccccc1. The maximum atomic E-state index is 15.6. The lowest BCUT2D eigenvalue weighted by atomic mass is 10.00. The van der Waals surface area contributed by atoms with Gasteiger partial charge in [0.25, 0.3) is 7.37 Å². The Balaban J connectivity index is 1.38. The summed E-state index contributed by atoms with van der Waals surface area (Å²) in [6.45, 7) is 0. The van der Waals surface area contributed by atoms with E-state index in [1.165, 1.54) is 0 Å². The number of hydrogen-bond donors (Lipinski definition) is 1. The molecular weight excluding hydrogens is 590 g/mol. The van der Waals surface area contributed by atoms with Crippen molar-refractivity contribution in [3.63, 3.8) is 0 Å². The van der Waals surface area contributed by atoms with Gasteiger partial charge in [-0.3, -0.25) is 4.57 Å². The van der Waals surface area contributed by atoms with Crippen molar-refractivity contribution in [2.45, 2.75) is 6.17 Å². The molecule has 2 aromatic heterocycles. The fraction of sp³-hybridized carbons (Fsp3) is 0.0278. The normalized spacial score (nSPS) is 17.8. The van der Waals surface area contributed by atoms with Gasteiger partial charge in [-0.25, -0.2) is 15.0 Å². The van der Waals surface area contributed by atoms with Gasteiger partial charge in [0.15, 0.2) is 0 Å². The lowest BCUT2D eigenvalue weighted by molar-refractivity contribution is 0.490. The number of hydrogen-bond acceptors (Lipinski definition) is 6. The van der Waals surface area contributed by atoms with Gasteiger partial charge in [0.1, 0.15) is 34.6 Å². The molecule has 7 aromatic rings.